The summed E-state index contributed by atoms with van der Waals surface area (Å²) in [5, 5.41) is 5.42. The van der Waals surface area contributed by atoms with Crippen LogP contribution in [-0.2, 0) is 36.8 Å². The molecule has 4 rings (SSSR count). The lowest BCUT2D eigenvalue weighted by molar-refractivity contribution is -0.114. The molecule has 0 radical (unpaired) electrons. The molecule has 0 aliphatic rings. The van der Waals surface area contributed by atoms with E-state index in [0.717, 1.165) is 27.9 Å². The minimum atomic E-state index is -3.38. The van der Waals surface area contributed by atoms with E-state index in [1.54, 1.807) is 13.8 Å². The molecule has 0 atom stereocenters. The number of benzene rings is 4. The summed E-state index contributed by atoms with van der Waals surface area (Å²) in [6, 6.07) is 35.2. The number of hydrogen-bond donors (Lipinski definition) is 2. The highest BCUT2D eigenvalue weighted by atomic mass is 35.5. The van der Waals surface area contributed by atoms with E-state index in [4.69, 9.17) is 34.2 Å². The van der Waals surface area contributed by atoms with Crippen molar-refractivity contribution in [3.8, 4) is 22.3 Å². The molecule has 276 valence electrons. The zero-order valence-electron chi connectivity index (χ0n) is 29.9. The van der Waals surface area contributed by atoms with Gasteiger partial charge in [0.05, 0.1) is 33.0 Å². The van der Waals surface area contributed by atoms with E-state index < -0.39 is 22.1 Å². The quantitative estimate of drug-likeness (QED) is 0.0806. The highest BCUT2D eigenvalue weighted by Crippen LogP contribution is 2.47. The summed E-state index contributed by atoms with van der Waals surface area (Å²) in [6.07, 6.45) is -0.297. The van der Waals surface area contributed by atoms with E-state index in [1.807, 2.05) is 130 Å². The fraction of sp³-hybridized carbons (Fsp3) is 0.316. The smallest absolute Gasteiger partial charge is 0.326 e. The van der Waals surface area contributed by atoms with E-state index in [1.165, 1.54) is 0 Å². The van der Waals surface area contributed by atoms with Gasteiger partial charge in [0.2, 0.25) is 11.8 Å². The molecule has 0 unspecified atom stereocenters. The minimum absolute atomic E-state index is 0.0273. The second-order valence-corrected chi connectivity index (χ2v) is 13.7. The summed E-state index contributed by atoms with van der Waals surface area (Å²) in [5.74, 6) is -0.618. The molecule has 4 aromatic rings. The average Bonchev–Trinajstić information content (AvgIpc) is 3.14. The normalized spacial score (nSPS) is 10.7. The van der Waals surface area contributed by atoms with Crippen molar-refractivity contribution in [3.05, 3.63) is 109 Å². The van der Waals surface area contributed by atoms with E-state index in [2.05, 4.69) is 10.6 Å². The van der Waals surface area contributed by atoms with Gasteiger partial charge in [0.25, 0.3) is 0 Å². The lowest BCUT2D eigenvalue weighted by Gasteiger charge is -2.16. The molecule has 0 fully saturated rings. The van der Waals surface area contributed by atoms with Crippen molar-refractivity contribution in [3.63, 3.8) is 0 Å². The third-order valence-electron chi connectivity index (χ3n) is 6.37. The molecule has 0 bridgehead atoms. The van der Waals surface area contributed by atoms with Crippen molar-refractivity contribution in [1.29, 1.82) is 0 Å². The number of carbonyl (C=O) groups excluding carboxylic acids is 2. The number of rotatable bonds is 17. The molecule has 0 heterocycles. The van der Waals surface area contributed by atoms with Crippen LogP contribution in [0.2, 0.25) is 0 Å². The van der Waals surface area contributed by atoms with Crippen LogP contribution in [0.3, 0.4) is 0 Å². The van der Waals surface area contributed by atoms with Gasteiger partial charge < -0.3 is 33.3 Å². The predicted octanol–water partition coefficient (Wildman–Crippen LogP) is 10.4. The van der Waals surface area contributed by atoms with Crippen LogP contribution in [0.4, 0.5) is 11.4 Å². The zero-order valence-corrected chi connectivity index (χ0v) is 32.4. The fourth-order valence-electron chi connectivity index (χ4n) is 4.27. The van der Waals surface area contributed by atoms with E-state index in [9.17, 15) is 14.2 Å². The second kappa shape index (κ2) is 25.5. The maximum Gasteiger partial charge on any atom is 0.340 e. The molecule has 13 heteroatoms. The van der Waals surface area contributed by atoms with Gasteiger partial charge >= 0.3 is 16.2 Å². The zero-order chi connectivity index (χ0) is 37.3. The average molecular weight is 759 g/mol. The molecule has 0 aliphatic carbocycles. The van der Waals surface area contributed by atoms with Gasteiger partial charge in [-0.15, -0.1) is 11.6 Å². The molecule has 0 saturated carbocycles. The molecule has 0 aliphatic heterocycles. The highest BCUT2D eigenvalue weighted by Gasteiger charge is 2.27. The van der Waals surface area contributed by atoms with Crippen LogP contribution in [0.1, 0.15) is 34.6 Å². The first-order valence-electron chi connectivity index (χ1n) is 16.7. The number of nitrogens with one attached hydrogen (secondary N) is 2. The Morgan fingerprint density at radius 2 is 0.902 bits per heavy atom. The van der Waals surface area contributed by atoms with Crippen molar-refractivity contribution in [1.82, 2.24) is 0 Å². The van der Waals surface area contributed by atoms with Crippen LogP contribution in [0, 0.1) is 0 Å². The first-order valence-corrected chi connectivity index (χ1v) is 20.1. The highest BCUT2D eigenvalue weighted by molar-refractivity contribution is 7.54. The van der Waals surface area contributed by atoms with Crippen LogP contribution in [0.15, 0.2) is 109 Å². The van der Waals surface area contributed by atoms with Crippen molar-refractivity contribution in [2.24, 2.45) is 0 Å². The Hall–Kier alpha value is -3.43. The molecule has 51 heavy (non-hydrogen) atoms. The van der Waals surface area contributed by atoms with Gasteiger partial charge in [-0.1, -0.05) is 84.9 Å². The molecule has 2 N–H and O–H groups in total. The Morgan fingerprint density at radius 1 is 0.549 bits per heavy atom. The van der Waals surface area contributed by atoms with Gasteiger partial charge in [0, 0.05) is 11.4 Å². The number of hydrogen-bond acceptors (Lipinski definition) is 8. The lowest BCUT2D eigenvalue weighted by atomic mass is 10.1. The maximum absolute atomic E-state index is 12.3. The van der Waals surface area contributed by atoms with Gasteiger partial charge in [-0.2, -0.15) is 0 Å². The van der Waals surface area contributed by atoms with Gasteiger partial charge in [-0.25, -0.2) is 0 Å². The van der Waals surface area contributed by atoms with Crippen LogP contribution >= 0.6 is 27.8 Å². The molecule has 0 spiro atoms. The largest absolute Gasteiger partial charge is 0.340 e. The molecule has 10 nitrogen and oxygen atoms in total. The summed E-state index contributed by atoms with van der Waals surface area (Å²) >= 11 is 5.42. The van der Waals surface area contributed by atoms with Crippen molar-refractivity contribution in [2.45, 2.75) is 34.6 Å². The predicted molar refractivity (Wildman–Crippen MR) is 209 cm³/mol. The Balaban J connectivity index is 0.000000290. The standard InChI is InChI=1S/C18H22NO4P.C14H12ClNO.C6H15O3P/c1-3-22-24(21,23-4-2)14-18(20)19-17-12-10-16(11-13-17)15-8-6-5-7-9-15;15-10-14(17)16-13-8-6-12(7-9-13)11-4-2-1-3-5-11;1-4-7-10(8-5-2)9-6-3/h5-13H,3-4,14H2,1-2H3,(H,19,20);1-9H,10H2,(H,16,17);4-6H2,1-3H3. The number of anilines is 2. The van der Waals surface area contributed by atoms with Crippen molar-refractivity contribution < 1.29 is 36.8 Å². The third kappa shape index (κ3) is 17.6. The third-order valence-corrected chi connectivity index (χ3v) is 9.99. The van der Waals surface area contributed by atoms with Crippen LogP contribution in [0.25, 0.3) is 22.3 Å². The number of halogens is 1. The molecule has 4 aromatic carbocycles. The summed E-state index contributed by atoms with van der Waals surface area (Å²) in [5.41, 5.74) is 5.84. The Kier molecular flexibility index (Phi) is 21.9. The summed E-state index contributed by atoms with van der Waals surface area (Å²) in [6.45, 7) is 11.6. The number of amides is 2. The first-order chi connectivity index (χ1) is 24.7. The van der Waals surface area contributed by atoms with Gasteiger partial charge in [-0.05, 0) is 81.1 Å². The SMILES string of the molecule is CCOP(=O)(CC(=O)Nc1ccc(-c2ccccc2)cc1)OCC.CCOP(OCC)OCC.O=C(CCl)Nc1ccc(-c2ccccc2)cc1. The van der Waals surface area contributed by atoms with Gasteiger partial charge in [0.1, 0.15) is 12.0 Å². The van der Waals surface area contributed by atoms with Crippen LogP contribution in [-0.4, -0.2) is 56.9 Å². The van der Waals surface area contributed by atoms with E-state index >= 15 is 0 Å². The molecule has 0 aromatic heterocycles. The molecular formula is C38H49ClN2O8P2. The fourth-order valence-corrected chi connectivity index (χ4v) is 6.67. The van der Waals surface area contributed by atoms with Gasteiger partial charge in [-0.3, -0.25) is 14.2 Å². The number of alkyl halides is 1. The first kappa shape index (κ1) is 43.7. The maximum atomic E-state index is 12.3. The molecular weight excluding hydrogens is 710 g/mol. The van der Waals surface area contributed by atoms with Crippen LogP contribution < -0.4 is 10.6 Å². The Bertz CT molecular complexity index is 1560. The van der Waals surface area contributed by atoms with Gasteiger partial charge in [0.15, 0.2) is 0 Å². The van der Waals surface area contributed by atoms with Crippen LogP contribution in [0.5, 0.6) is 0 Å². The summed E-state index contributed by atoms with van der Waals surface area (Å²) in [4.78, 5) is 23.2. The lowest BCUT2D eigenvalue weighted by Crippen LogP contribution is -2.18. The Morgan fingerprint density at radius 3 is 1.24 bits per heavy atom. The topological polar surface area (TPSA) is 121 Å². The molecule has 0 saturated heterocycles. The summed E-state index contributed by atoms with van der Waals surface area (Å²) in [7, 11) is -4.44. The second-order valence-electron chi connectivity index (χ2n) is 10.2. The molecule has 2 amide bonds. The number of carbonyl (C=O) groups is 2. The van der Waals surface area contributed by atoms with E-state index in [-0.39, 0.29) is 31.2 Å². The Labute approximate surface area is 308 Å². The van der Waals surface area contributed by atoms with Crippen molar-refractivity contribution >= 4 is 51.0 Å². The van der Waals surface area contributed by atoms with E-state index in [0.29, 0.717) is 25.5 Å². The minimum Gasteiger partial charge on any atom is -0.326 e. The summed E-state index contributed by atoms with van der Waals surface area (Å²) < 4.78 is 38.0. The monoisotopic (exact) mass is 758 g/mol. The van der Waals surface area contributed by atoms with Crippen molar-refractivity contribution in [2.75, 3.05) is 55.7 Å².